The number of nitrogens with zero attached hydrogens (tertiary/aromatic N) is 2. The van der Waals surface area contributed by atoms with Gasteiger partial charge in [0.25, 0.3) is 11.6 Å². The van der Waals surface area contributed by atoms with Crippen molar-refractivity contribution in [2.75, 3.05) is 5.32 Å². The van der Waals surface area contributed by atoms with Crippen LogP contribution in [0.25, 0.3) is 6.08 Å². The van der Waals surface area contributed by atoms with Gasteiger partial charge in [0.05, 0.1) is 21.2 Å². The Kier molecular flexibility index (Phi) is 5.88. The Hall–Kier alpha value is -4.50. The van der Waals surface area contributed by atoms with Gasteiger partial charge < -0.3 is 15.2 Å². The van der Waals surface area contributed by atoms with Crippen molar-refractivity contribution in [1.82, 2.24) is 0 Å². The summed E-state index contributed by atoms with van der Waals surface area (Å²) in [7, 11) is 0. The number of benzene rings is 3. The first-order valence-corrected chi connectivity index (χ1v) is 9.86. The first-order chi connectivity index (χ1) is 15.8. The largest absolute Gasteiger partial charge is 0.507 e. The molecule has 1 heterocycles. The van der Waals surface area contributed by atoms with Crippen LogP contribution in [0.15, 0.2) is 77.4 Å². The molecule has 0 saturated carbocycles. The van der Waals surface area contributed by atoms with Crippen LogP contribution < -0.4 is 5.32 Å². The summed E-state index contributed by atoms with van der Waals surface area (Å²) in [4.78, 5) is 39.3. The first kappa shape index (κ1) is 21.7. The second kappa shape index (κ2) is 8.93. The van der Waals surface area contributed by atoms with E-state index < -0.39 is 16.8 Å². The van der Waals surface area contributed by atoms with Crippen LogP contribution in [-0.4, -0.2) is 27.8 Å². The Bertz CT molecular complexity index is 1350. The Labute approximate surface area is 191 Å². The number of ether oxygens (including phenoxy) is 1. The van der Waals surface area contributed by atoms with Crippen LogP contribution >= 0.6 is 11.6 Å². The molecule has 0 atom stereocenters. The number of anilines is 1. The number of aromatic hydroxyl groups is 1. The highest BCUT2D eigenvalue weighted by atomic mass is 35.5. The predicted octanol–water partition coefficient (Wildman–Crippen LogP) is 4.55. The number of nitrogens with one attached hydrogen (secondary N) is 1. The van der Waals surface area contributed by atoms with E-state index in [-0.39, 0.29) is 39.3 Å². The predicted molar refractivity (Wildman–Crippen MR) is 121 cm³/mol. The first-order valence-electron chi connectivity index (χ1n) is 9.48. The number of hydrogen-bond donors (Lipinski definition) is 2. The maximum atomic E-state index is 12.7. The molecule has 3 aromatic carbocycles. The molecule has 4 rings (SSSR count). The van der Waals surface area contributed by atoms with Gasteiger partial charge in [0, 0.05) is 17.7 Å². The fraction of sp³-hybridized carbons (Fsp3) is 0. The molecule has 0 bridgehead atoms. The minimum Gasteiger partial charge on any atom is -0.507 e. The molecule has 1 amide bonds. The number of amides is 1. The molecule has 0 aromatic heterocycles. The molecule has 33 heavy (non-hydrogen) atoms. The normalized spacial score (nSPS) is 14.0. The van der Waals surface area contributed by atoms with Gasteiger partial charge in [-0.25, -0.2) is 9.79 Å². The summed E-state index contributed by atoms with van der Waals surface area (Å²) in [5, 5.41) is 23.4. The number of rotatable bonds is 5. The number of carbonyl (C=O) groups is 2. The quantitative estimate of drug-likeness (QED) is 0.247. The van der Waals surface area contributed by atoms with Crippen LogP contribution in [0.5, 0.6) is 5.75 Å². The number of cyclic esters (lactones) is 1. The molecule has 0 radical (unpaired) electrons. The highest BCUT2D eigenvalue weighted by Crippen LogP contribution is 2.29. The lowest BCUT2D eigenvalue weighted by molar-refractivity contribution is -0.384. The smallest absolute Gasteiger partial charge is 0.363 e. The Balaban J connectivity index is 1.59. The molecule has 1 aliphatic heterocycles. The summed E-state index contributed by atoms with van der Waals surface area (Å²) >= 11 is 6.01. The molecule has 0 aliphatic carbocycles. The van der Waals surface area contributed by atoms with Crippen LogP contribution in [-0.2, 0) is 9.53 Å². The molecule has 3 aromatic rings. The van der Waals surface area contributed by atoms with Gasteiger partial charge in [0.2, 0.25) is 5.90 Å². The lowest BCUT2D eigenvalue weighted by atomic mass is 10.1. The lowest BCUT2D eigenvalue weighted by Gasteiger charge is -2.09. The van der Waals surface area contributed by atoms with E-state index in [0.29, 0.717) is 11.1 Å². The van der Waals surface area contributed by atoms with Crippen LogP contribution in [0.3, 0.4) is 0 Å². The van der Waals surface area contributed by atoms with E-state index in [1.807, 2.05) is 6.07 Å². The topological polar surface area (TPSA) is 131 Å². The number of phenolic OH excluding ortho intramolecular Hbond substituents is 1. The number of esters is 1. The number of halogens is 1. The van der Waals surface area contributed by atoms with Crippen molar-refractivity contribution in [2.45, 2.75) is 0 Å². The average Bonchev–Trinajstić information content (AvgIpc) is 3.17. The minimum absolute atomic E-state index is 0.0318. The number of carbonyl (C=O) groups excluding carboxylic acids is 2. The number of non-ortho nitro benzene ring substituents is 1. The van der Waals surface area contributed by atoms with Crippen molar-refractivity contribution in [3.8, 4) is 5.75 Å². The van der Waals surface area contributed by atoms with Crippen molar-refractivity contribution < 1.29 is 24.4 Å². The summed E-state index contributed by atoms with van der Waals surface area (Å²) in [5.74, 6) is -1.50. The van der Waals surface area contributed by atoms with E-state index in [2.05, 4.69) is 10.3 Å². The SMILES string of the molecule is O=C1OC(c2ccccc2)=N/C1=C/c1ccc(O)c(C(=O)Nc2ccc([N+](=O)[O-])cc2Cl)c1. The molecule has 0 unspecified atom stereocenters. The van der Waals surface area contributed by atoms with E-state index in [9.17, 15) is 24.8 Å². The molecule has 164 valence electrons. The molecule has 10 heteroatoms. The summed E-state index contributed by atoms with van der Waals surface area (Å²) in [6.45, 7) is 0. The Morgan fingerprint density at radius 3 is 2.58 bits per heavy atom. The second-order valence-corrected chi connectivity index (χ2v) is 7.26. The third-order valence-electron chi connectivity index (χ3n) is 4.62. The fourth-order valence-electron chi connectivity index (χ4n) is 3.01. The minimum atomic E-state index is -0.703. The zero-order chi connectivity index (χ0) is 23.5. The maximum absolute atomic E-state index is 12.7. The van der Waals surface area contributed by atoms with Gasteiger partial charge >= 0.3 is 5.97 Å². The summed E-state index contributed by atoms with van der Waals surface area (Å²) in [6.07, 6.45) is 1.42. The van der Waals surface area contributed by atoms with Gasteiger partial charge in [0.1, 0.15) is 5.75 Å². The second-order valence-electron chi connectivity index (χ2n) is 6.85. The van der Waals surface area contributed by atoms with Crippen LogP contribution in [0.2, 0.25) is 5.02 Å². The van der Waals surface area contributed by atoms with E-state index in [0.717, 1.165) is 6.07 Å². The molecule has 0 spiro atoms. The van der Waals surface area contributed by atoms with E-state index in [4.69, 9.17) is 16.3 Å². The monoisotopic (exact) mass is 463 g/mol. The van der Waals surface area contributed by atoms with E-state index >= 15 is 0 Å². The van der Waals surface area contributed by atoms with Crippen LogP contribution in [0.1, 0.15) is 21.5 Å². The standard InChI is InChI=1S/C23H14ClN3O6/c24-17-12-15(27(31)32)7-8-18(17)25-21(29)16-10-13(6-9-20(16)28)11-19-23(30)33-22(26-19)14-4-2-1-3-5-14/h1-12,28H,(H,25,29)/b19-11+. The molecule has 0 saturated heterocycles. The summed E-state index contributed by atoms with van der Waals surface area (Å²) in [6, 6.07) is 16.6. The van der Waals surface area contributed by atoms with E-state index in [1.165, 1.54) is 36.4 Å². The average molecular weight is 464 g/mol. The molecular formula is C23H14ClN3O6. The maximum Gasteiger partial charge on any atom is 0.363 e. The summed E-state index contributed by atoms with van der Waals surface area (Å²) in [5.41, 5.74) is 0.889. The highest BCUT2D eigenvalue weighted by Gasteiger charge is 2.24. The van der Waals surface area contributed by atoms with E-state index in [1.54, 1.807) is 24.3 Å². The molecule has 1 aliphatic rings. The number of hydrogen-bond acceptors (Lipinski definition) is 7. The molecular weight excluding hydrogens is 450 g/mol. The van der Waals surface area contributed by atoms with Crippen molar-refractivity contribution in [1.29, 1.82) is 0 Å². The molecule has 2 N–H and O–H groups in total. The highest BCUT2D eigenvalue weighted by molar-refractivity contribution is 6.34. The zero-order valence-electron chi connectivity index (χ0n) is 16.7. The van der Waals surface area contributed by atoms with Gasteiger partial charge in [-0.3, -0.25) is 14.9 Å². The van der Waals surface area contributed by atoms with Crippen molar-refractivity contribution in [3.05, 3.63) is 104 Å². The number of nitro groups is 1. The number of phenols is 1. The molecule has 9 nitrogen and oxygen atoms in total. The van der Waals surface area contributed by atoms with Gasteiger partial charge in [-0.1, -0.05) is 35.9 Å². The third kappa shape index (κ3) is 4.73. The summed E-state index contributed by atoms with van der Waals surface area (Å²) < 4.78 is 5.20. The third-order valence-corrected chi connectivity index (χ3v) is 4.93. The van der Waals surface area contributed by atoms with Gasteiger partial charge in [-0.15, -0.1) is 0 Å². The zero-order valence-corrected chi connectivity index (χ0v) is 17.4. The number of nitro benzene ring substituents is 1. The van der Waals surface area contributed by atoms with Crippen molar-refractivity contribution in [2.24, 2.45) is 4.99 Å². The van der Waals surface area contributed by atoms with Crippen molar-refractivity contribution in [3.63, 3.8) is 0 Å². The number of aliphatic imine (C=N–C) groups is 1. The Morgan fingerprint density at radius 2 is 1.88 bits per heavy atom. The molecule has 0 fully saturated rings. The van der Waals surface area contributed by atoms with Crippen LogP contribution in [0.4, 0.5) is 11.4 Å². The van der Waals surface area contributed by atoms with Gasteiger partial charge in [-0.05, 0) is 42.0 Å². The fourth-order valence-corrected chi connectivity index (χ4v) is 3.23. The Morgan fingerprint density at radius 1 is 1.12 bits per heavy atom. The van der Waals surface area contributed by atoms with Gasteiger partial charge in [0.15, 0.2) is 5.70 Å². The van der Waals surface area contributed by atoms with Gasteiger partial charge in [-0.2, -0.15) is 0 Å². The van der Waals surface area contributed by atoms with Crippen molar-refractivity contribution >= 4 is 46.8 Å². The lowest BCUT2D eigenvalue weighted by Crippen LogP contribution is -2.12. The van der Waals surface area contributed by atoms with Crippen LogP contribution in [0, 0.1) is 10.1 Å².